The Hall–Kier alpha value is -3.15. The Morgan fingerprint density at radius 3 is 2.54 bits per heavy atom. The van der Waals surface area contributed by atoms with Crippen molar-refractivity contribution >= 4 is 11.6 Å². The number of phenols is 1. The molecule has 144 valence electrons. The van der Waals surface area contributed by atoms with Crippen LogP contribution in [0.25, 0.3) is 0 Å². The number of carbonyl (C=O) groups excluding carboxylic acids is 2. The molecule has 3 aliphatic rings. The molecule has 0 unspecified atom stereocenters. The summed E-state index contributed by atoms with van der Waals surface area (Å²) >= 11 is 0. The number of aliphatic hydroxyl groups excluding tert-OH is 3. The summed E-state index contributed by atoms with van der Waals surface area (Å²) in [7, 11) is 0. The zero-order valence-electron chi connectivity index (χ0n) is 14.7. The largest absolute Gasteiger partial charge is 0.511 e. The van der Waals surface area contributed by atoms with Gasteiger partial charge in [0, 0.05) is 23.8 Å². The molecular formula is C20H17NO7. The van der Waals surface area contributed by atoms with Crippen LogP contribution in [-0.2, 0) is 4.79 Å². The fourth-order valence-corrected chi connectivity index (χ4v) is 4.82. The number of hydrogen-bond donors (Lipinski definition) is 5. The number of Topliss-reactive ketones (excluding diaryl/α,β-unsaturated/α-hetero) is 2. The maximum atomic E-state index is 13.1. The minimum Gasteiger partial charge on any atom is -0.511 e. The molecule has 0 heterocycles. The average Bonchev–Trinajstić information content (AvgIpc) is 2.65. The molecule has 1 aromatic rings. The average molecular weight is 383 g/mol. The van der Waals surface area contributed by atoms with Crippen LogP contribution in [-0.4, -0.2) is 48.8 Å². The van der Waals surface area contributed by atoms with Crippen molar-refractivity contribution in [3.05, 3.63) is 52.0 Å². The number of fused-ring (bicyclic) bond motifs is 3. The number of phenolic OH excluding ortho intramolecular Hbond substituents is 1. The zero-order valence-corrected chi connectivity index (χ0v) is 14.7. The Balaban J connectivity index is 2.01. The van der Waals surface area contributed by atoms with E-state index in [0.717, 1.165) is 0 Å². The highest BCUT2D eigenvalue weighted by molar-refractivity contribution is 6.16. The maximum absolute atomic E-state index is 13.1. The van der Waals surface area contributed by atoms with Crippen LogP contribution in [0.5, 0.6) is 5.75 Å². The first kappa shape index (κ1) is 18.2. The summed E-state index contributed by atoms with van der Waals surface area (Å²) < 4.78 is 0. The Kier molecular flexibility index (Phi) is 3.69. The third-order valence-corrected chi connectivity index (χ3v) is 6.23. The molecule has 0 saturated heterocycles. The van der Waals surface area contributed by atoms with Gasteiger partial charge in [-0.05, 0) is 17.5 Å². The van der Waals surface area contributed by atoms with E-state index < -0.39 is 64.5 Å². The van der Waals surface area contributed by atoms with Crippen molar-refractivity contribution in [1.29, 1.82) is 5.26 Å². The second-order valence-electron chi connectivity index (χ2n) is 7.48. The first-order valence-corrected chi connectivity index (χ1v) is 8.73. The van der Waals surface area contributed by atoms with E-state index in [1.54, 1.807) is 19.1 Å². The van der Waals surface area contributed by atoms with Crippen molar-refractivity contribution in [2.24, 2.45) is 11.8 Å². The van der Waals surface area contributed by atoms with Gasteiger partial charge in [-0.3, -0.25) is 9.59 Å². The first-order valence-electron chi connectivity index (χ1n) is 8.73. The number of aromatic hydroxyl groups is 1. The Morgan fingerprint density at radius 2 is 1.89 bits per heavy atom. The van der Waals surface area contributed by atoms with E-state index in [4.69, 9.17) is 5.26 Å². The van der Waals surface area contributed by atoms with Crippen molar-refractivity contribution in [2.45, 2.75) is 31.0 Å². The zero-order chi connectivity index (χ0) is 20.5. The van der Waals surface area contributed by atoms with Gasteiger partial charge in [-0.1, -0.05) is 19.1 Å². The minimum absolute atomic E-state index is 0.0656. The molecule has 0 radical (unpaired) electrons. The van der Waals surface area contributed by atoms with E-state index in [-0.39, 0.29) is 16.9 Å². The van der Waals surface area contributed by atoms with E-state index in [1.165, 1.54) is 12.1 Å². The highest BCUT2D eigenvalue weighted by Crippen LogP contribution is 2.54. The molecule has 0 spiro atoms. The van der Waals surface area contributed by atoms with Gasteiger partial charge in [0.25, 0.3) is 0 Å². The fraction of sp³-hybridized carbons (Fsp3) is 0.350. The monoisotopic (exact) mass is 383 g/mol. The van der Waals surface area contributed by atoms with Crippen LogP contribution < -0.4 is 0 Å². The van der Waals surface area contributed by atoms with E-state index in [0.29, 0.717) is 5.56 Å². The summed E-state index contributed by atoms with van der Waals surface area (Å²) in [5.74, 6) is -6.73. The summed E-state index contributed by atoms with van der Waals surface area (Å²) in [5, 5.41) is 62.1. The number of nitrogens with zero attached hydrogens (tertiary/aromatic N) is 1. The molecule has 3 aliphatic carbocycles. The van der Waals surface area contributed by atoms with Gasteiger partial charge < -0.3 is 25.5 Å². The number of aliphatic hydroxyl groups is 4. The number of rotatable bonds is 0. The lowest BCUT2D eigenvalue weighted by molar-refractivity contribution is -0.153. The van der Waals surface area contributed by atoms with Crippen molar-refractivity contribution in [3.8, 4) is 11.8 Å². The summed E-state index contributed by atoms with van der Waals surface area (Å²) in [5.41, 5.74) is -3.39. The second-order valence-corrected chi connectivity index (χ2v) is 7.48. The standard InChI is InChI=1S/C20H17NO7/c1-7-8-3-2-4-11(22)14(8)17(25)15-13(7)16(24)10-5-12(23)9(6-21)18(26)20(10,28)19(15)27/h2-4,7,10,13,16,22-24,27-28H,5H2,1H3/t7-,10+,13+,16+,20+/m0/s1. The third-order valence-electron chi connectivity index (χ3n) is 6.23. The number of ketones is 2. The molecule has 1 aromatic carbocycles. The van der Waals surface area contributed by atoms with Crippen molar-refractivity contribution in [3.63, 3.8) is 0 Å². The van der Waals surface area contributed by atoms with E-state index in [9.17, 15) is 35.1 Å². The second kappa shape index (κ2) is 5.67. The van der Waals surface area contributed by atoms with Gasteiger partial charge in [0.2, 0.25) is 5.78 Å². The maximum Gasteiger partial charge on any atom is 0.216 e. The van der Waals surface area contributed by atoms with Crippen LogP contribution in [0.4, 0.5) is 0 Å². The molecule has 0 aliphatic heterocycles. The first-order chi connectivity index (χ1) is 13.2. The molecule has 0 saturated carbocycles. The summed E-state index contributed by atoms with van der Waals surface area (Å²) in [6.45, 7) is 1.69. The molecule has 0 fully saturated rings. The Labute approximate surface area is 159 Å². The minimum atomic E-state index is -2.71. The molecule has 8 heteroatoms. The lowest BCUT2D eigenvalue weighted by Crippen LogP contribution is -2.61. The number of hydrogen-bond acceptors (Lipinski definition) is 8. The predicted octanol–water partition coefficient (Wildman–Crippen LogP) is 1.15. The van der Waals surface area contributed by atoms with Gasteiger partial charge in [0.05, 0.1) is 11.7 Å². The number of allylic oxidation sites excluding steroid dienone is 1. The molecular weight excluding hydrogens is 366 g/mol. The predicted molar refractivity (Wildman–Crippen MR) is 93.3 cm³/mol. The highest BCUT2D eigenvalue weighted by Gasteiger charge is 2.63. The SMILES string of the molecule is C[C@H]1c2cccc(O)c2C(=O)C2=C(O)[C@]3(O)C(=O)C(C#N)=C(O)C[C@@H]3[C@@H](O)[C@@H]21. The van der Waals surface area contributed by atoms with Crippen molar-refractivity contribution in [1.82, 2.24) is 0 Å². The Bertz CT molecular complexity index is 1050. The van der Waals surface area contributed by atoms with Gasteiger partial charge in [0.1, 0.15) is 28.9 Å². The molecule has 0 amide bonds. The van der Waals surface area contributed by atoms with Crippen LogP contribution in [0.3, 0.4) is 0 Å². The number of carbonyl (C=O) groups is 2. The van der Waals surface area contributed by atoms with Crippen LogP contribution in [0.2, 0.25) is 0 Å². The van der Waals surface area contributed by atoms with Crippen LogP contribution in [0, 0.1) is 23.2 Å². The van der Waals surface area contributed by atoms with Gasteiger partial charge in [-0.2, -0.15) is 5.26 Å². The number of benzene rings is 1. The van der Waals surface area contributed by atoms with Gasteiger partial charge >= 0.3 is 0 Å². The molecule has 5 atom stereocenters. The topological polar surface area (TPSA) is 159 Å². The highest BCUT2D eigenvalue weighted by atomic mass is 16.4. The molecule has 5 N–H and O–H groups in total. The fourth-order valence-electron chi connectivity index (χ4n) is 4.82. The summed E-state index contributed by atoms with van der Waals surface area (Å²) in [4.78, 5) is 25.8. The number of nitriles is 1. The molecule has 8 nitrogen and oxygen atoms in total. The van der Waals surface area contributed by atoms with Gasteiger partial charge in [0.15, 0.2) is 11.4 Å². The summed E-state index contributed by atoms with van der Waals surface area (Å²) in [6.07, 6.45) is -1.87. The third kappa shape index (κ3) is 1.95. The van der Waals surface area contributed by atoms with E-state index in [1.807, 2.05) is 0 Å². The molecule has 0 bridgehead atoms. The summed E-state index contributed by atoms with van der Waals surface area (Å²) in [6, 6.07) is 5.97. The molecule has 4 rings (SSSR count). The quantitative estimate of drug-likeness (QED) is 0.446. The van der Waals surface area contributed by atoms with Crippen molar-refractivity contribution < 1.29 is 35.1 Å². The molecule has 0 aromatic heterocycles. The smallest absolute Gasteiger partial charge is 0.216 e. The Morgan fingerprint density at radius 1 is 1.21 bits per heavy atom. The van der Waals surface area contributed by atoms with Crippen LogP contribution >= 0.6 is 0 Å². The van der Waals surface area contributed by atoms with Gasteiger partial charge in [-0.15, -0.1) is 0 Å². The van der Waals surface area contributed by atoms with Crippen LogP contribution in [0.1, 0.15) is 35.2 Å². The lowest BCUT2D eigenvalue weighted by Gasteiger charge is -2.49. The van der Waals surface area contributed by atoms with Crippen LogP contribution in [0.15, 0.2) is 40.9 Å². The van der Waals surface area contributed by atoms with E-state index in [2.05, 4.69) is 0 Å². The lowest BCUT2D eigenvalue weighted by atomic mass is 9.56. The van der Waals surface area contributed by atoms with Crippen molar-refractivity contribution in [2.75, 3.05) is 0 Å². The normalized spacial score (nSPS) is 34.5. The molecule has 28 heavy (non-hydrogen) atoms. The van der Waals surface area contributed by atoms with E-state index >= 15 is 0 Å². The van der Waals surface area contributed by atoms with Gasteiger partial charge in [-0.25, -0.2) is 0 Å².